The predicted octanol–water partition coefficient (Wildman–Crippen LogP) is 1.86. The molecule has 0 aromatic rings. The van der Waals surface area contributed by atoms with E-state index in [0.717, 1.165) is 0 Å². The van der Waals surface area contributed by atoms with Crippen molar-refractivity contribution in [2.75, 3.05) is 6.54 Å². The minimum Gasteiger partial charge on any atom is -0.312 e. The Bertz CT molecular complexity index is 203. The third-order valence-corrected chi connectivity index (χ3v) is 1.85. The van der Waals surface area contributed by atoms with Gasteiger partial charge in [-0.1, -0.05) is 0 Å². The largest absolute Gasteiger partial charge is 0.393 e. The van der Waals surface area contributed by atoms with Crippen LogP contribution in [-0.2, 0) is 4.79 Å². The molecule has 1 fully saturated rings. The summed E-state index contributed by atoms with van der Waals surface area (Å²) in [7, 11) is 0. The standard InChI is InChI=1S/C7H9F4NO/c8-5(4-7(9,10)11)12-3-1-2-6(12)13/h5H,1-4H2. The molecule has 0 spiro atoms. The summed E-state index contributed by atoms with van der Waals surface area (Å²) in [6.07, 6.45) is -7.74. The zero-order valence-electron chi connectivity index (χ0n) is 6.77. The molecule has 1 heterocycles. The van der Waals surface area contributed by atoms with Crippen LogP contribution in [0, 0.1) is 0 Å². The van der Waals surface area contributed by atoms with Gasteiger partial charge in [0.05, 0.1) is 6.42 Å². The molecule has 2 nitrogen and oxygen atoms in total. The summed E-state index contributed by atoms with van der Waals surface area (Å²) < 4.78 is 48.0. The molecule has 6 heteroatoms. The van der Waals surface area contributed by atoms with E-state index in [1.807, 2.05) is 0 Å². The van der Waals surface area contributed by atoms with E-state index in [1.165, 1.54) is 0 Å². The van der Waals surface area contributed by atoms with Crippen molar-refractivity contribution in [1.29, 1.82) is 0 Å². The Labute approximate surface area is 72.5 Å². The number of alkyl halides is 4. The van der Waals surface area contributed by atoms with Gasteiger partial charge in [-0.3, -0.25) is 4.79 Å². The monoisotopic (exact) mass is 199 g/mol. The number of rotatable bonds is 2. The van der Waals surface area contributed by atoms with Gasteiger partial charge in [-0.25, -0.2) is 4.39 Å². The maximum Gasteiger partial charge on any atom is 0.393 e. The quantitative estimate of drug-likeness (QED) is 0.491. The number of likely N-dealkylation sites (tertiary alicyclic amines) is 1. The SMILES string of the molecule is O=C1CCCN1C(F)CC(F)(F)F. The number of carbonyl (C=O) groups is 1. The molecule has 0 aromatic carbocycles. The topological polar surface area (TPSA) is 20.3 Å². The van der Waals surface area contributed by atoms with Gasteiger partial charge in [0, 0.05) is 13.0 Å². The van der Waals surface area contributed by atoms with Crippen LogP contribution in [0.5, 0.6) is 0 Å². The van der Waals surface area contributed by atoms with Crippen molar-refractivity contribution in [3.05, 3.63) is 0 Å². The highest BCUT2D eigenvalue weighted by Crippen LogP contribution is 2.26. The molecule has 1 saturated heterocycles. The molecule has 0 aromatic heterocycles. The van der Waals surface area contributed by atoms with E-state index < -0.39 is 24.8 Å². The zero-order valence-corrected chi connectivity index (χ0v) is 6.77. The Kier molecular flexibility index (Phi) is 2.77. The smallest absolute Gasteiger partial charge is 0.312 e. The lowest BCUT2D eigenvalue weighted by molar-refractivity contribution is -0.164. The van der Waals surface area contributed by atoms with Gasteiger partial charge in [-0.05, 0) is 6.42 Å². The summed E-state index contributed by atoms with van der Waals surface area (Å²) in [4.78, 5) is 11.5. The summed E-state index contributed by atoms with van der Waals surface area (Å²) >= 11 is 0. The maximum absolute atomic E-state index is 12.8. The van der Waals surface area contributed by atoms with Gasteiger partial charge in [0.2, 0.25) is 5.91 Å². The fraction of sp³-hybridized carbons (Fsp3) is 0.857. The lowest BCUT2D eigenvalue weighted by Gasteiger charge is -2.21. The Balaban J connectivity index is 2.47. The summed E-state index contributed by atoms with van der Waals surface area (Å²) in [5.41, 5.74) is 0. The molecule has 1 unspecified atom stereocenters. The Morgan fingerprint density at radius 3 is 2.46 bits per heavy atom. The fourth-order valence-corrected chi connectivity index (χ4v) is 1.27. The minimum absolute atomic E-state index is 0.0933. The van der Waals surface area contributed by atoms with Crippen molar-refractivity contribution < 1.29 is 22.4 Å². The highest BCUT2D eigenvalue weighted by molar-refractivity contribution is 5.78. The molecule has 13 heavy (non-hydrogen) atoms. The van der Waals surface area contributed by atoms with Crippen LogP contribution in [-0.4, -0.2) is 29.8 Å². The van der Waals surface area contributed by atoms with E-state index in [4.69, 9.17) is 0 Å². The molecular weight excluding hydrogens is 190 g/mol. The molecule has 0 aliphatic carbocycles. The van der Waals surface area contributed by atoms with Crippen molar-refractivity contribution >= 4 is 5.91 Å². The van der Waals surface area contributed by atoms with Gasteiger partial charge >= 0.3 is 6.18 Å². The summed E-state index contributed by atoms with van der Waals surface area (Å²) in [6.45, 7) is 0.0933. The second kappa shape index (κ2) is 3.51. The van der Waals surface area contributed by atoms with Crippen LogP contribution in [0.4, 0.5) is 17.6 Å². The highest BCUT2D eigenvalue weighted by Gasteiger charge is 2.37. The van der Waals surface area contributed by atoms with Crippen LogP contribution in [0.3, 0.4) is 0 Å². The van der Waals surface area contributed by atoms with Crippen LogP contribution in [0.15, 0.2) is 0 Å². The van der Waals surface area contributed by atoms with Crippen molar-refractivity contribution in [1.82, 2.24) is 4.90 Å². The van der Waals surface area contributed by atoms with Gasteiger partial charge in [-0.2, -0.15) is 13.2 Å². The molecular formula is C7H9F4NO. The average Bonchev–Trinajstić information content (AvgIpc) is 2.30. The van der Waals surface area contributed by atoms with Gasteiger partial charge < -0.3 is 4.90 Å². The minimum atomic E-state index is -4.55. The second-order valence-corrected chi connectivity index (χ2v) is 2.94. The van der Waals surface area contributed by atoms with Gasteiger partial charge in [0.25, 0.3) is 0 Å². The van der Waals surface area contributed by atoms with E-state index in [-0.39, 0.29) is 13.0 Å². The molecule has 0 bridgehead atoms. The summed E-state index contributed by atoms with van der Waals surface area (Å²) in [5.74, 6) is -0.531. The van der Waals surface area contributed by atoms with Crippen LogP contribution < -0.4 is 0 Å². The first-order valence-electron chi connectivity index (χ1n) is 3.90. The van der Waals surface area contributed by atoms with E-state index >= 15 is 0 Å². The molecule has 0 N–H and O–H groups in total. The van der Waals surface area contributed by atoms with Crippen LogP contribution in [0.1, 0.15) is 19.3 Å². The van der Waals surface area contributed by atoms with Crippen LogP contribution in [0.2, 0.25) is 0 Å². The van der Waals surface area contributed by atoms with Gasteiger partial charge in [0.1, 0.15) is 0 Å². The van der Waals surface area contributed by atoms with Crippen molar-refractivity contribution in [3.8, 4) is 0 Å². The highest BCUT2D eigenvalue weighted by atomic mass is 19.4. The normalized spacial score (nSPS) is 20.9. The first-order valence-corrected chi connectivity index (χ1v) is 3.90. The molecule has 1 rings (SSSR count). The van der Waals surface area contributed by atoms with Crippen molar-refractivity contribution in [3.63, 3.8) is 0 Å². The zero-order chi connectivity index (χ0) is 10.1. The summed E-state index contributed by atoms with van der Waals surface area (Å²) in [5, 5.41) is 0. The number of halogens is 4. The van der Waals surface area contributed by atoms with Gasteiger partial charge in [-0.15, -0.1) is 0 Å². The molecule has 1 amide bonds. The first-order chi connectivity index (χ1) is 5.90. The molecule has 1 aliphatic heterocycles. The number of hydrogen-bond acceptors (Lipinski definition) is 1. The molecule has 76 valence electrons. The number of nitrogens with zero attached hydrogens (tertiary/aromatic N) is 1. The van der Waals surface area contributed by atoms with Crippen LogP contribution >= 0.6 is 0 Å². The lowest BCUT2D eigenvalue weighted by Crippen LogP contribution is -2.36. The predicted molar refractivity (Wildman–Crippen MR) is 36.5 cm³/mol. The van der Waals surface area contributed by atoms with Crippen molar-refractivity contribution in [2.24, 2.45) is 0 Å². The molecule has 1 atom stereocenters. The van der Waals surface area contributed by atoms with E-state index in [0.29, 0.717) is 11.3 Å². The molecule has 0 saturated carbocycles. The Morgan fingerprint density at radius 2 is 2.08 bits per heavy atom. The van der Waals surface area contributed by atoms with Crippen LogP contribution in [0.25, 0.3) is 0 Å². The lowest BCUT2D eigenvalue weighted by atomic mass is 10.3. The fourth-order valence-electron chi connectivity index (χ4n) is 1.27. The molecule has 1 aliphatic rings. The number of amides is 1. The Morgan fingerprint density at radius 1 is 1.46 bits per heavy atom. The third kappa shape index (κ3) is 2.86. The van der Waals surface area contributed by atoms with Crippen molar-refractivity contribution in [2.45, 2.75) is 31.7 Å². The average molecular weight is 199 g/mol. The second-order valence-electron chi connectivity index (χ2n) is 2.94. The number of hydrogen-bond donors (Lipinski definition) is 0. The first kappa shape index (κ1) is 10.3. The van der Waals surface area contributed by atoms with Gasteiger partial charge in [0.15, 0.2) is 6.30 Å². The summed E-state index contributed by atoms with van der Waals surface area (Å²) in [6, 6.07) is 0. The van der Waals surface area contributed by atoms with E-state index in [9.17, 15) is 22.4 Å². The van der Waals surface area contributed by atoms with E-state index in [1.54, 1.807) is 0 Å². The third-order valence-electron chi connectivity index (χ3n) is 1.85. The number of carbonyl (C=O) groups excluding carboxylic acids is 1. The van der Waals surface area contributed by atoms with E-state index in [2.05, 4.69) is 0 Å². The Hall–Kier alpha value is -0.810. The molecule has 0 radical (unpaired) electrons. The maximum atomic E-state index is 12.8.